The molecule has 92 heavy (non-hydrogen) atoms. The Labute approximate surface area is 534 Å². The van der Waals surface area contributed by atoms with Gasteiger partial charge in [-0.1, -0.05) is 231 Å². The fourth-order valence-electron chi connectivity index (χ4n) is 17.5. The number of furan rings is 2. The topological polar surface area (TPSA) is 36.0 Å². The second-order valence-corrected chi connectivity index (χ2v) is 26.2. The smallest absolute Gasteiger partial charge is 0.252 e. The predicted molar refractivity (Wildman–Crippen MR) is 383 cm³/mol. The van der Waals surface area contributed by atoms with E-state index in [9.17, 15) is 0 Å². The number of hydrogen-bond acceptors (Lipinski definition) is 5. The third-order valence-corrected chi connectivity index (χ3v) is 21.3. The average molecular weight is 1180 g/mol. The molecule has 0 N–H and O–H groups in total. The molecule has 2 aliphatic carbocycles. The average Bonchev–Trinajstić information content (AvgIpc) is 0.705. The van der Waals surface area contributed by atoms with Gasteiger partial charge in [-0.15, -0.1) is 0 Å². The molecule has 4 fully saturated rings. The van der Waals surface area contributed by atoms with Crippen LogP contribution in [0.1, 0.15) is 25.7 Å². The van der Waals surface area contributed by atoms with Crippen LogP contribution in [-0.4, -0.2) is 18.8 Å². The molecule has 2 aromatic heterocycles. The first-order chi connectivity index (χ1) is 45.6. The Kier molecular flexibility index (Phi) is 11.4. The summed E-state index contributed by atoms with van der Waals surface area (Å²) in [7, 11) is 0. The molecule has 6 heteroatoms. The summed E-state index contributed by atoms with van der Waals surface area (Å²) in [4.78, 5) is 8.35. The van der Waals surface area contributed by atoms with Crippen LogP contribution in [0.4, 0.5) is 39.8 Å². The molecule has 6 heterocycles. The molecule has 0 amide bonds. The van der Waals surface area contributed by atoms with Crippen molar-refractivity contribution in [2.24, 2.45) is 11.8 Å². The standard InChI is InChI=1S/C86H60BN3O2/c1-5-19-54(20-6-1)65-29-17-30-66(55-21-7-2-8-22-55)85(65)89-76-47-58(60-35-39-71-69-27-13-15-33-80(69)91-82(71)49-60)37-41-73(76)87-74-42-38-59(61-36-40-72-70-28-14-16-34-81(70)92-83(72)50-61)48-77(74)90(79-52-64(51-78(89)84(79)87)88-63-44-53-43-62(46-63)75(88)45-53)86-67(56-23-9-3-10-24-56)31-18-32-68(86)57-25-11-4-12-26-57/h1-42,47-53,62-63,75H,43-46H2. The Morgan fingerprint density at radius 1 is 0.304 bits per heavy atom. The summed E-state index contributed by atoms with van der Waals surface area (Å²) >= 11 is 0. The van der Waals surface area contributed by atoms with E-state index in [1.807, 2.05) is 0 Å². The zero-order valence-electron chi connectivity index (χ0n) is 50.6. The molecule has 13 aromatic carbocycles. The van der Waals surface area contributed by atoms with Gasteiger partial charge in [0.1, 0.15) is 22.3 Å². The zero-order chi connectivity index (χ0) is 60.1. The van der Waals surface area contributed by atoms with Gasteiger partial charge in [0.2, 0.25) is 0 Å². The van der Waals surface area contributed by atoms with Gasteiger partial charge in [0.05, 0.1) is 11.4 Å². The number of fused-ring (bicyclic) bond motifs is 10. The molecule has 0 radical (unpaired) electrons. The fraction of sp³-hybridized carbons (Fsp3) is 0.0930. The highest BCUT2D eigenvalue weighted by molar-refractivity contribution is 7.00. The van der Waals surface area contributed by atoms with Gasteiger partial charge in [-0.3, -0.25) is 0 Å². The molecule has 4 aliphatic heterocycles. The van der Waals surface area contributed by atoms with Crippen LogP contribution >= 0.6 is 0 Å². The second-order valence-electron chi connectivity index (χ2n) is 26.2. The van der Waals surface area contributed by atoms with Crippen LogP contribution in [0, 0.1) is 11.8 Å². The lowest BCUT2D eigenvalue weighted by Crippen LogP contribution is -2.61. The Balaban J connectivity index is 0.924. The van der Waals surface area contributed by atoms with Gasteiger partial charge in [0, 0.05) is 84.3 Å². The molecule has 2 saturated heterocycles. The zero-order valence-corrected chi connectivity index (χ0v) is 50.6. The van der Waals surface area contributed by atoms with Gasteiger partial charge in [-0.2, -0.15) is 0 Å². The first-order valence-corrected chi connectivity index (χ1v) is 32.8. The van der Waals surface area contributed by atoms with E-state index >= 15 is 0 Å². The maximum Gasteiger partial charge on any atom is 0.252 e. The van der Waals surface area contributed by atoms with E-state index in [0.29, 0.717) is 18.0 Å². The van der Waals surface area contributed by atoms with Gasteiger partial charge < -0.3 is 23.5 Å². The Hall–Kier alpha value is -11.1. The van der Waals surface area contributed by atoms with Gasteiger partial charge >= 0.3 is 0 Å². The van der Waals surface area contributed by atoms with E-state index in [2.05, 4.69) is 306 Å². The quantitative estimate of drug-likeness (QED) is 0.135. The molecule has 4 unspecified atom stereocenters. The third-order valence-electron chi connectivity index (χ3n) is 21.3. The van der Waals surface area contributed by atoms with Crippen LogP contribution in [-0.2, 0) is 0 Å². The molecule has 21 rings (SSSR count). The number of hydrogen-bond donors (Lipinski definition) is 0. The van der Waals surface area contributed by atoms with Crippen LogP contribution in [0.3, 0.4) is 0 Å². The highest BCUT2D eigenvalue weighted by atomic mass is 16.3. The molecule has 2 saturated carbocycles. The van der Waals surface area contributed by atoms with Crippen molar-refractivity contribution in [3.63, 3.8) is 0 Å². The maximum absolute atomic E-state index is 6.66. The number of piperidine rings is 1. The fourth-order valence-corrected chi connectivity index (χ4v) is 17.5. The van der Waals surface area contributed by atoms with Gasteiger partial charge in [0.25, 0.3) is 6.71 Å². The minimum absolute atomic E-state index is 0.177. The van der Waals surface area contributed by atoms with E-state index in [0.717, 1.165) is 94.8 Å². The van der Waals surface area contributed by atoms with E-state index < -0.39 is 0 Å². The normalized spacial score (nSPS) is 17.5. The highest BCUT2D eigenvalue weighted by Crippen LogP contribution is 2.58. The molecule has 4 bridgehead atoms. The van der Waals surface area contributed by atoms with Crippen molar-refractivity contribution in [1.29, 1.82) is 0 Å². The summed E-state index contributed by atoms with van der Waals surface area (Å²) in [5.41, 5.74) is 29.5. The molecule has 5 nitrogen and oxygen atoms in total. The molecular weight excluding hydrogens is 1120 g/mol. The van der Waals surface area contributed by atoms with Crippen molar-refractivity contribution in [3.05, 3.63) is 291 Å². The Morgan fingerprint density at radius 2 is 0.707 bits per heavy atom. The maximum atomic E-state index is 6.66. The lowest BCUT2D eigenvalue weighted by Gasteiger charge is -2.47. The summed E-state index contributed by atoms with van der Waals surface area (Å²) in [5.74, 6) is 1.48. The van der Waals surface area contributed by atoms with Crippen molar-refractivity contribution >= 4 is 107 Å². The number of benzene rings is 13. The minimum atomic E-state index is -0.177. The lowest BCUT2D eigenvalue weighted by atomic mass is 9.33. The second kappa shape index (κ2) is 20.2. The van der Waals surface area contributed by atoms with Crippen molar-refractivity contribution in [3.8, 4) is 66.8 Å². The first kappa shape index (κ1) is 51.8. The number of para-hydroxylation sites is 4. The number of nitrogens with zero attached hydrogens (tertiary/aromatic N) is 3. The molecule has 4 atom stereocenters. The molecule has 434 valence electrons. The summed E-state index contributed by atoms with van der Waals surface area (Å²) < 4.78 is 13.3. The molecular formula is C86H60BN3O2. The first-order valence-electron chi connectivity index (χ1n) is 32.8. The monoisotopic (exact) mass is 1180 g/mol. The minimum Gasteiger partial charge on any atom is -0.456 e. The molecule has 15 aromatic rings. The summed E-state index contributed by atoms with van der Waals surface area (Å²) in [5, 5.41) is 4.50. The summed E-state index contributed by atoms with van der Waals surface area (Å²) in [6, 6.07) is 110. The van der Waals surface area contributed by atoms with Crippen molar-refractivity contribution in [1.82, 2.24) is 0 Å². The molecule has 6 aliphatic rings. The number of anilines is 7. The van der Waals surface area contributed by atoms with Crippen molar-refractivity contribution < 1.29 is 8.83 Å². The Morgan fingerprint density at radius 3 is 1.15 bits per heavy atom. The van der Waals surface area contributed by atoms with Gasteiger partial charge in [-0.05, 0) is 159 Å². The predicted octanol–water partition coefficient (Wildman–Crippen LogP) is 20.9. The van der Waals surface area contributed by atoms with E-state index in [-0.39, 0.29) is 6.71 Å². The van der Waals surface area contributed by atoms with Crippen molar-refractivity contribution in [2.75, 3.05) is 14.7 Å². The SMILES string of the molecule is c1ccc(-c2cccc(-c3ccccc3)c2N2c3cc(-c4ccc5c(c4)oc4ccccc45)ccc3B3c4ccc(-c5ccc6c(c5)oc5ccccc56)cc4N(c4c(-c5ccccc5)cccc4-c4ccccc4)c4cc(N5C6CC7CC(C6)C5C7)cc2c43)cc1. The number of rotatable bonds is 9. The van der Waals surface area contributed by atoms with Crippen LogP contribution in [0.5, 0.6) is 0 Å². The third kappa shape index (κ3) is 7.86. The summed E-state index contributed by atoms with van der Waals surface area (Å²) in [6.07, 6.45) is 5.06. The van der Waals surface area contributed by atoms with E-state index in [4.69, 9.17) is 8.83 Å². The van der Waals surface area contributed by atoms with E-state index in [1.54, 1.807) is 0 Å². The highest BCUT2D eigenvalue weighted by Gasteiger charge is 2.54. The van der Waals surface area contributed by atoms with E-state index in [1.165, 1.54) is 104 Å². The van der Waals surface area contributed by atoms with Crippen LogP contribution in [0.2, 0.25) is 0 Å². The summed E-state index contributed by atoms with van der Waals surface area (Å²) in [6.45, 7) is -0.177. The van der Waals surface area contributed by atoms with Crippen molar-refractivity contribution in [2.45, 2.75) is 37.8 Å². The van der Waals surface area contributed by atoms with Gasteiger partial charge in [-0.25, -0.2) is 0 Å². The largest absolute Gasteiger partial charge is 0.456 e. The van der Waals surface area contributed by atoms with Gasteiger partial charge in [0.15, 0.2) is 0 Å². The van der Waals surface area contributed by atoms with Crippen LogP contribution in [0.25, 0.3) is 111 Å². The van der Waals surface area contributed by atoms with Crippen LogP contribution < -0.4 is 31.1 Å². The van der Waals surface area contributed by atoms with Crippen LogP contribution in [0.15, 0.2) is 300 Å². The Bertz CT molecular complexity index is 5050. The molecule has 0 spiro atoms. The lowest BCUT2D eigenvalue weighted by molar-refractivity contribution is 0.340.